The maximum absolute atomic E-state index is 13.6. The van der Waals surface area contributed by atoms with E-state index in [1.165, 1.54) is 17.4 Å². The van der Waals surface area contributed by atoms with E-state index in [-0.39, 0.29) is 0 Å². The van der Waals surface area contributed by atoms with E-state index < -0.39 is 35.2 Å². The molecule has 0 bridgehead atoms. The highest BCUT2D eigenvalue weighted by atomic mass is 35.5. The third kappa shape index (κ3) is 5.39. The summed E-state index contributed by atoms with van der Waals surface area (Å²) in [5, 5.41) is 12.3. The van der Waals surface area contributed by atoms with Crippen LogP contribution >= 0.6 is 22.9 Å². The fourth-order valence-electron chi connectivity index (χ4n) is 4.59. The Hall–Kier alpha value is -3.95. The number of ether oxygens (including phenoxy) is 2. The number of nitrogens with one attached hydrogen (secondary N) is 1. The summed E-state index contributed by atoms with van der Waals surface area (Å²) in [7, 11) is 1.55. The molecule has 1 saturated carbocycles. The van der Waals surface area contributed by atoms with Crippen molar-refractivity contribution in [2.75, 3.05) is 12.4 Å². The first-order valence-corrected chi connectivity index (χ1v) is 13.6. The first kappa shape index (κ1) is 27.6. The summed E-state index contributed by atoms with van der Waals surface area (Å²) in [5.74, 6) is -2.24. The van der Waals surface area contributed by atoms with Gasteiger partial charge in [-0.3, -0.25) is 10.1 Å². The SMILES string of the molecule is COc1cc(-c2sc(Cl)cc2NC(=O)OC(C)c2ccc(F)c(F)c2)ccc1-c1ccc(C2(C(=O)O)CC2)cc1. The Morgan fingerprint density at radius 1 is 1.00 bits per heavy atom. The molecule has 1 fully saturated rings. The van der Waals surface area contributed by atoms with Gasteiger partial charge in [-0.2, -0.15) is 0 Å². The largest absolute Gasteiger partial charge is 0.496 e. The Kier molecular flexibility index (Phi) is 7.53. The Bertz CT molecular complexity index is 1600. The maximum Gasteiger partial charge on any atom is 0.412 e. The fraction of sp³-hybridized carbons (Fsp3) is 0.200. The Labute approximate surface area is 238 Å². The van der Waals surface area contributed by atoms with E-state index in [1.807, 2.05) is 42.5 Å². The van der Waals surface area contributed by atoms with Crippen molar-refractivity contribution in [1.82, 2.24) is 0 Å². The van der Waals surface area contributed by atoms with Crippen molar-refractivity contribution in [2.45, 2.75) is 31.3 Å². The summed E-state index contributed by atoms with van der Waals surface area (Å²) in [6.45, 7) is 1.55. The zero-order chi connectivity index (χ0) is 28.6. The molecule has 1 unspecified atom stereocenters. The van der Waals surface area contributed by atoms with Gasteiger partial charge in [-0.15, -0.1) is 11.3 Å². The number of benzene rings is 3. The zero-order valence-corrected chi connectivity index (χ0v) is 23.0. The number of carboxylic acids is 1. The lowest BCUT2D eigenvalue weighted by molar-refractivity contribution is -0.140. The van der Waals surface area contributed by atoms with Gasteiger partial charge in [-0.1, -0.05) is 54.1 Å². The topological polar surface area (TPSA) is 84.9 Å². The van der Waals surface area contributed by atoms with Crippen molar-refractivity contribution < 1.29 is 33.0 Å². The molecule has 6 nitrogen and oxygen atoms in total. The Balaban J connectivity index is 1.35. The van der Waals surface area contributed by atoms with Crippen LogP contribution in [0.25, 0.3) is 21.6 Å². The second-order valence-electron chi connectivity index (χ2n) is 9.52. The molecule has 1 aliphatic rings. The van der Waals surface area contributed by atoms with Crippen LogP contribution < -0.4 is 10.1 Å². The molecule has 1 amide bonds. The number of methoxy groups -OCH3 is 1. The number of rotatable bonds is 8. The van der Waals surface area contributed by atoms with E-state index in [0.717, 1.165) is 34.4 Å². The first-order chi connectivity index (χ1) is 19.1. The lowest BCUT2D eigenvalue weighted by atomic mass is 9.93. The highest BCUT2D eigenvalue weighted by Gasteiger charge is 2.51. The number of carboxylic acid groups (broad SMARTS) is 1. The van der Waals surface area contributed by atoms with Crippen LogP contribution in [-0.4, -0.2) is 24.3 Å². The third-order valence-electron chi connectivity index (χ3n) is 7.01. The molecule has 0 aliphatic heterocycles. The molecular weight excluding hydrogens is 560 g/mol. The Morgan fingerprint density at radius 3 is 2.33 bits per heavy atom. The van der Waals surface area contributed by atoms with Gasteiger partial charge >= 0.3 is 12.1 Å². The molecule has 1 heterocycles. The maximum atomic E-state index is 13.6. The number of hydrogen-bond acceptors (Lipinski definition) is 5. The van der Waals surface area contributed by atoms with Crippen molar-refractivity contribution in [3.8, 4) is 27.3 Å². The number of amides is 1. The molecular formula is C30H24ClF2NO5S. The average molecular weight is 584 g/mol. The number of thiophene rings is 1. The van der Waals surface area contributed by atoms with Crippen LogP contribution in [0.1, 0.15) is 37.0 Å². The van der Waals surface area contributed by atoms with Crippen molar-refractivity contribution in [3.05, 3.63) is 93.8 Å². The summed E-state index contributed by atoms with van der Waals surface area (Å²) in [4.78, 5) is 25.0. The van der Waals surface area contributed by atoms with Crippen LogP contribution in [0.3, 0.4) is 0 Å². The van der Waals surface area contributed by atoms with E-state index in [9.17, 15) is 23.5 Å². The summed E-state index contributed by atoms with van der Waals surface area (Å²) in [5.41, 5.74) is 3.15. The molecule has 0 radical (unpaired) electrons. The fourth-order valence-corrected chi connectivity index (χ4v) is 5.77. The van der Waals surface area contributed by atoms with Gasteiger partial charge in [-0.25, -0.2) is 13.6 Å². The smallest absolute Gasteiger partial charge is 0.412 e. The summed E-state index contributed by atoms with van der Waals surface area (Å²) in [6.07, 6.45) is -0.344. The summed E-state index contributed by atoms with van der Waals surface area (Å²) in [6, 6.07) is 17.9. The molecule has 1 aliphatic carbocycles. The first-order valence-electron chi connectivity index (χ1n) is 12.4. The van der Waals surface area contributed by atoms with Crippen molar-refractivity contribution >= 4 is 40.7 Å². The highest BCUT2D eigenvalue weighted by Crippen LogP contribution is 2.49. The number of hydrogen-bond donors (Lipinski definition) is 2. The van der Waals surface area contributed by atoms with Gasteiger partial charge < -0.3 is 14.6 Å². The van der Waals surface area contributed by atoms with Gasteiger partial charge in [0.15, 0.2) is 11.6 Å². The van der Waals surface area contributed by atoms with Gasteiger partial charge in [0.2, 0.25) is 0 Å². The number of aliphatic carboxylic acids is 1. The number of halogens is 3. The normalized spacial score (nSPS) is 14.3. The van der Waals surface area contributed by atoms with Gasteiger partial charge in [-0.05, 0) is 66.3 Å². The van der Waals surface area contributed by atoms with Crippen LogP contribution in [0.5, 0.6) is 5.75 Å². The van der Waals surface area contributed by atoms with Crippen LogP contribution in [0, 0.1) is 11.6 Å². The molecule has 40 heavy (non-hydrogen) atoms. The minimum atomic E-state index is -1.03. The lowest BCUT2D eigenvalue weighted by Gasteiger charge is -2.15. The van der Waals surface area contributed by atoms with E-state index in [4.69, 9.17) is 21.1 Å². The standard InChI is InChI=1S/C30H24ClF2NO5S/c1-16(18-6-10-22(32)23(33)13-18)39-29(37)34-24-15-26(31)40-27(24)19-5-9-21(25(14-19)38-2)17-3-7-20(8-4-17)30(11-12-30)28(35)36/h3-10,13-16H,11-12H2,1-2H3,(H,34,37)(H,35,36). The van der Waals surface area contributed by atoms with E-state index >= 15 is 0 Å². The molecule has 0 saturated heterocycles. The number of carbonyl (C=O) groups excluding carboxylic acids is 1. The van der Waals surface area contributed by atoms with Crippen LogP contribution in [0.2, 0.25) is 4.34 Å². The zero-order valence-electron chi connectivity index (χ0n) is 21.5. The third-order valence-corrected chi connectivity index (χ3v) is 8.32. The molecule has 5 rings (SSSR count). The predicted octanol–water partition coefficient (Wildman–Crippen LogP) is 8.45. The predicted molar refractivity (Wildman–Crippen MR) is 150 cm³/mol. The van der Waals surface area contributed by atoms with E-state index in [2.05, 4.69) is 5.32 Å². The number of anilines is 1. The molecule has 0 spiro atoms. The quantitative estimate of drug-likeness (QED) is 0.217. The van der Waals surface area contributed by atoms with Crippen LogP contribution in [0.4, 0.5) is 19.3 Å². The second kappa shape index (κ2) is 10.9. The van der Waals surface area contributed by atoms with Crippen LogP contribution in [-0.2, 0) is 14.9 Å². The van der Waals surface area contributed by atoms with Crippen molar-refractivity contribution in [1.29, 1.82) is 0 Å². The highest BCUT2D eigenvalue weighted by molar-refractivity contribution is 7.20. The monoisotopic (exact) mass is 583 g/mol. The van der Waals surface area contributed by atoms with Crippen molar-refractivity contribution in [2.24, 2.45) is 0 Å². The van der Waals surface area contributed by atoms with Gasteiger partial charge in [0.25, 0.3) is 0 Å². The molecule has 10 heteroatoms. The minimum Gasteiger partial charge on any atom is -0.496 e. The number of carbonyl (C=O) groups is 2. The summed E-state index contributed by atoms with van der Waals surface area (Å²) < 4.78 is 38.3. The average Bonchev–Trinajstić information content (AvgIpc) is 3.67. The van der Waals surface area contributed by atoms with Crippen LogP contribution in [0.15, 0.2) is 66.7 Å². The minimum absolute atomic E-state index is 0.307. The van der Waals surface area contributed by atoms with E-state index in [1.54, 1.807) is 20.1 Å². The molecule has 4 aromatic rings. The van der Waals surface area contributed by atoms with Gasteiger partial charge in [0, 0.05) is 5.56 Å². The lowest BCUT2D eigenvalue weighted by Crippen LogP contribution is -2.19. The van der Waals surface area contributed by atoms with Gasteiger partial charge in [0.1, 0.15) is 11.9 Å². The second-order valence-corrected chi connectivity index (χ2v) is 11.2. The Morgan fingerprint density at radius 2 is 1.70 bits per heavy atom. The van der Waals surface area contributed by atoms with Crippen molar-refractivity contribution in [3.63, 3.8) is 0 Å². The molecule has 3 aromatic carbocycles. The summed E-state index contributed by atoms with van der Waals surface area (Å²) >= 11 is 7.54. The van der Waals surface area contributed by atoms with Gasteiger partial charge in [0.05, 0.1) is 27.4 Å². The van der Waals surface area contributed by atoms with E-state index in [0.29, 0.717) is 39.1 Å². The molecule has 1 atom stereocenters. The molecule has 206 valence electrons. The molecule has 2 N–H and O–H groups in total. The molecule has 1 aromatic heterocycles.